The summed E-state index contributed by atoms with van der Waals surface area (Å²) in [4.78, 5) is 25.0. The van der Waals surface area contributed by atoms with E-state index in [1.54, 1.807) is 42.5 Å². The molecule has 0 bridgehead atoms. The Morgan fingerprint density at radius 2 is 1.65 bits per heavy atom. The van der Waals surface area contributed by atoms with Crippen LogP contribution in [-0.4, -0.2) is 26.1 Å². The molecule has 7 nitrogen and oxygen atoms in total. The number of hydrogen-bond acceptors (Lipinski definition) is 6. The first-order chi connectivity index (χ1) is 16.3. The second kappa shape index (κ2) is 11.2. The topological polar surface area (TPSA) is 97.7 Å². The van der Waals surface area contributed by atoms with Crippen LogP contribution in [0.2, 0.25) is 10.0 Å². The van der Waals surface area contributed by atoms with Crippen LogP contribution in [0.1, 0.15) is 15.9 Å². The Kier molecular flexibility index (Phi) is 8.14. The molecular formula is C25H18Cl2N2O5. The number of halogens is 2. The number of carbonyl (C=O) groups is 2. The molecule has 0 aromatic heterocycles. The molecule has 0 saturated carbocycles. The smallest absolute Gasteiger partial charge is 0.343 e. The fourth-order valence-corrected chi connectivity index (χ4v) is 3.13. The third kappa shape index (κ3) is 6.07. The molecule has 0 saturated heterocycles. The lowest BCUT2D eigenvalue weighted by Crippen LogP contribution is -2.13. The van der Waals surface area contributed by atoms with Gasteiger partial charge in [0.05, 0.1) is 29.8 Å². The van der Waals surface area contributed by atoms with Gasteiger partial charge >= 0.3 is 5.97 Å². The first-order valence-electron chi connectivity index (χ1n) is 9.77. The Hall–Kier alpha value is -3.99. The van der Waals surface area contributed by atoms with Crippen molar-refractivity contribution in [2.45, 2.75) is 0 Å². The summed E-state index contributed by atoms with van der Waals surface area (Å²) in [5, 5.41) is 12.7. The third-order valence-electron chi connectivity index (χ3n) is 4.57. The quantitative estimate of drug-likeness (QED) is 0.193. The molecule has 1 amide bonds. The number of methoxy groups -OCH3 is 2. The van der Waals surface area contributed by atoms with E-state index in [0.29, 0.717) is 27.6 Å². The van der Waals surface area contributed by atoms with Gasteiger partial charge in [-0.15, -0.1) is 0 Å². The number of amides is 1. The Balaban J connectivity index is 1.78. The lowest BCUT2D eigenvalue weighted by molar-refractivity contribution is -0.112. The number of nitrogens with zero attached hydrogens (tertiary/aromatic N) is 1. The number of anilines is 1. The zero-order chi connectivity index (χ0) is 24.7. The van der Waals surface area contributed by atoms with Gasteiger partial charge in [0.1, 0.15) is 17.4 Å². The number of hydrogen-bond donors (Lipinski definition) is 1. The number of carbonyl (C=O) groups excluding carboxylic acids is 2. The maximum atomic E-state index is 12.5. The van der Waals surface area contributed by atoms with E-state index in [4.69, 9.17) is 37.4 Å². The average molecular weight is 497 g/mol. The molecule has 3 aromatic rings. The lowest BCUT2D eigenvalue weighted by Gasteiger charge is -2.11. The van der Waals surface area contributed by atoms with Crippen LogP contribution in [-0.2, 0) is 4.79 Å². The lowest BCUT2D eigenvalue weighted by atomic mass is 10.1. The number of rotatable bonds is 7. The van der Waals surface area contributed by atoms with Gasteiger partial charge in [0.15, 0.2) is 11.5 Å². The van der Waals surface area contributed by atoms with Crippen LogP contribution in [0.3, 0.4) is 0 Å². The zero-order valence-electron chi connectivity index (χ0n) is 18.1. The molecule has 1 N–H and O–H groups in total. The SMILES string of the molecule is COc1ccc(C(=O)Oc2ccc(/C=C(\C#N)C(=O)Nc3ccc(Cl)c(Cl)c3)cc2OC)cc1. The standard InChI is InChI=1S/C25H18Cl2N2O5/c1-32-19-7-4-16(5-8-19)25(31)34-22-10-3-15(12-23(22)33-2)11-17(14-28)24(30)29-18-6-9-20(26)21(27)13-18/h3-13H,1-2H3,(H,29,30)/b17-11+. The molecule has 0 atom stereocenters. The van der Waals surface area contributed by atoms with E-state index in [-0.39, 0.29) is 22.1 Å². The van der Waals surface area contributed by atoms with Crippen molar-refractivity contribution in [2.24, 2.45) is 0 Å². The van der Waals surface area contributed by atoms with Crippen molar-refractivity contribution >= 4 is 46.8 Å². The summed E-state index contributed by atoms with van der Waals surface area (Å²) in [7, 11) is 2.94. The molecule has 3 rings (SSSR count). The van der Waals surface area contributed by atoms with Crippen molar-refractivity contribution in [1.82, 2.24) is 0 Å². The molecule has 0 aliphatic carbocycles. The van der Waals surface area contributed by atoms with Crippen LogP contribution in [0.25, 0.3) is 6.08 Å². The van der Waals surface area contributed by atoms with Crippen LogP contribution >= 0.6 is 23.2 Å². The molecule has 3 aromatic carbocycles. The molecule has 34 heavy (non-hydrogen) atoms. The Morgan fingerprint density at radius 3 is 2.26 bits per heavy atom. The molecule has 9 heteroatoms. The summed E-state index contributed by atoms with van der Waals surface area (Å²) in [6, 6.07) is 17.5. The second-order valence-electron chi connectivity index (χ2n) is 6.78. The monoisotopic (exact) mass is 496 g/mol. The third-order valence-corrected chi connectivity index (χ3v) is 5.31. The van der Waals surface area contributed by atoms with Gasteiger partial charge in [-0.1, -0.05) is 29.3 Å². The Bertz CT molecular complexity index is 1300. The van der Waals surface area contributed by atoms with Crippen molar-refractivity contribution in [3.63, 3.8) is 0 Å². The maximum Gasteiger partial charge on any atom is 0.343 e. The number of nitrogens with one attached hydrogen (secondary N) is 1. The van der Waals surface area contributed by atoms with Gasteiger partial charge < -0.3 is 19.5 Å². The highest BCUT2D eigenvalue weighted by Gasteiger charge is 2.15. The van der Waals surface area contributed by atoms with Gasteiger partial charge in [-0.25, -0.2) is 4.79 Å². The first kappa shape index (κ1) is 24.6. The van der Waals surface area contributed by atoms with E-state index in [0.717, 1.165) is 0 Å². The van der Waals surface area contributed by atoms with Crippen molar-refractivity contribution in [1.29, 1.82) is 5.26 Å². The van der Waals surface area contributed by atoms with Crippen molar-refractivity contribution in [3.05, 3.63) is 87.4 Å². The number of ether oxygens (including phenoxy) is 3. The summed E-state index contributed by atoms with van der Waals surface area (Å²) >= 11 is 11.8. The largest absolute Gasteiger partial charge is 0.497 e. The minimum absolute atomic E-state index is 0.156. The van der Waals surface area contributed by atoms with Crippen LogP contribution < -0.4 is 19.5 Å². The molecule has 0 spiro atoms. The van der Waals surface area contributed by atoms with Crippen LogP contribution in [0.4, 0.5) is 5.69 Å². The molecule has 0 aliphatic rings. The highest BCUT2D eigenvalue weighted by molar-refractivity contribution is 6.42. The van der Waals surface area contributed by atoms with Gasteiger partial charge in [0, 0.05) is 5.69 Å². The Morgan fingerprint density at radius 1 is 0.912 bits per heavy atom. The highest BCUT2D eigenvalue weighted by Crippen LogP contribution is 2.30. The average Bonchev–Trinajstić information content (AvgIpc) is 2.85. The molecule has 0 aliphatic heterocycles. The van der Waals surface area contributed by atoms with Crippen molar-refractivity contribution in [3.8, 4) is 23.3 Å². The molecule has 0 unspecified atom stereocenters. The van der Waals surface area contributed by atoms with E-state index in [9.17, 15) is 14.9 Å². The number of esters is 1. The van der Waals surface area contributed by atoms with E-state index in [1.807, 2.05) is 6.07 Å². The molecule has 172 valence electrons. The zero-order valence-corrected chi connectivity index (χ0v) is 19.6. The highest BCUT2D eigenvalue weighted by atomic mass is 35.5. The summed E-state index contributed by atoms with van der Waals surface area (Å²) in [5.74, 6) is -0.170. The second-order valence-corrected chi connectivity index (χ2v) is 7.60. The first-order valence-corrected chi connectivity index (χ1v) is 10.5. The molecule has 0 radical (unpaired) electrons. The number of nitriles is 1. The fraction of sp³-hybridized carbons (Fsp3) is 0.0800. The van der Waals surface area contributed by atoms with Crippen LogP contribution in [0, 0.1) is 11.3 Å². The van der Waals surface area contributed by atoms with Gasteiger partial charge in [-0.05, 0) is 66.2 Å². The van der Waals surface area contributed by atoms with Crippen molar-refractivity contribution < 1.29 is 23.8 Å². The molecular weight excluding hydrogens is 479 g/mol. The van der Waals surface area contributed by atoms with Gasteiger partial charge in [0.25, 0.3) is 5.91 Å². The summed E-state index contributed by atoms with van der Waals surface area (Å²) in [6.45, 7) is 0. The van der Waals surface area contributed by atoms with Crippen molar-refractivity contribution in [2.75, 3.05) is 19.5 Å². The molecule has 0 fully saturated rings. The predicted molar refractivity (Wildman–Crippen MR) is 130 cm³/mol. The van der Waals surface area contributed by atoms with E-state index in [1.165, 1.54) is 38.5 Å². The maximum absolute atomic E-state index is 12.5. The van der Waals surface area contributed by atoms with E-state index < -0.39 is 11.9 Å². The Labute approximate surface area is 206 Å². The molecule has 0 heterocycles. The van der Waals surface area contributed by atoms with Crippen LogP contribution in [0.15, 0.2) is 66.2 Å². The van der Waals surface area contributed by atoms with Crippen LogP contribution in [0.5, 0.6) is 17.2 Å². The summed E-state index contributed by atoms with van der Waals surface area (Å²) < 4.78 is 15.8. The van der Waals surface area contributed by atoms with E-state index in [2.05, 4.69) is 5.32 Å². The minimum atomic E-state index is -0.630. The summed E-state index contributed by atoms with van der Waals surface area (Å²) in [5.41, 5.74) is 1.05. The van der Waals surface area contributed by atoms with Gasteiger partial charge in [-0.3, -0.25) is 4.79 Å². The normalized spacial score (nSPS) is 10.7. The predicted octanol–water partition coefficient (Wildman–Crippen LogP) is 5.78. The fourth-order valence-electron chi connectivity index (χ4n) is 2.83. The van der Waals surface area contributed by atoms with E-state index >= 15 is 0 Å². The minimum Gasteiger partial charge on any atom is -0.497 e. The summed E-state index contributed by atoms with van der Waals surface area (Å²) in [6.07, 6.45) is 1.38. The van der Waals surface area contributed by atoms with Gasteiger partial charge in [-0.2, -0.15) is 5.26 Å². The number of benzene rings is 3. The van der Waals surface area contributed by atoms with Gasteiger partial charge in [0.2, 0.25) is 0 Å².